The second kappa shape index (κ2) is 3.75. The van der Waals surface area contributed by atoms with Gasteiger partial charge in [0.05, 0.1) is 13.3 Å². The first-order valence-corrected chi connectivity index (χ1v) is 4.41. The molecule has 0 aliphatic carbocycles. The van der Waals surface area contributed by atoms with E-state index in [2.05, 4.69) is 10.3 Å². The fraction of sp³-hybridized carbons (Fsp3) is 0.300. The van der Waals surface area contributed by atoms with E-state index in [9.17, 15) is 4.39 Å². The Kier molecular flexibility index (Phi) is 2.45. The highest BCUT2D eigenvalue weighted by atomic mass is 19.1. The molecule has 0 aromatic carbocycles. The lowest BCUT2D eigenvalue weighted by Gasteiger charge is -2.05. The summed E-state index contributed by atoms with van der Waals surface area (Å²) in [6, 6.07) is 1.62. The first-order chi connectivity index (χ1) is 6.81. The number of ether oxygens (including phenoxy) is 1. The first kappa shape index (κ1) is 9.15. The van der Waals surface area contributed by atoms with Gasteiger partial charge in [-0.3, -0.25) is 0 Å². The quantitative estimate of drug-likeness (QED) is 0.768. The highest BCUT2D eigenvalue weighted by Gasteiger charge is 2.12. The van der Waals surface area contributed by atoms with Crippen molar-refractivity contribution in [3.8, 4) is 5.88 Å². The Morgan fingerprint density at radius 1 is 1.57 bits per heavy atom. The van der Waals surface area contributed by atoms with E-state index in [1.54, 1.807) is 6.07 Å². The van der Waals surface area contributed by atoms with E-state index >= 15 is 0 Å². The molecule has 1 aromatic heterocycles. The number of aromatic nitrogens is 1. The summed E-state index contributed by atoms with van der Waals surface area (Å²) in [5.74, 6) is 0.134. The smallest absolute Gasteiger partial charge is 0.213 e. The van der Waals surface area contributed by atoms with Crippen LogP contribution in [0.2, 0.25) is 0 Å². The van der Waals surface area contributed by atoms with Crippen LogP contribution in [0.4, 0.5) is 4.39 Å². The van der Waals surface area contributed by atoms with E-state index < -0.39 is 0 Å². The SMILES string of the molecule is COc1cc(C2=CCNC2)c(F)cn1. The summed E-state index contributed by atoms with van der Waals surface area (Å²) in [4.78, 5) is 3.78. The zero-order valence-electron chi connectivity index (χ0n) is 7.88. The molecular weight excluding hydrogens is 183 g/mol. The lowest BCUT2D eigenvalue weighted by Crippen LogP contribution is -2.08. The number of halogens is 1. The minimum absolute atomic E-state index is 0.305. The molecule has 1 N–H and O–H groups in total. The molecular formula is C10H11FN2O. The topological polar surface area (TPSA) is 34.1 Å². The van der Waals surface area contributed by atoms with E-state index in [4.69, 9.17) is 4.74 Å². The molecule has 1 aliphatic heterocycles. The fourth-order valence-electron chi connectivity index (χ4n) is 1.46. The van der Waals surface area contributed by atoms with Crippen molar-refractivity contribution in [2.75, 3.05) is 20.2 Å². The number of hydrogen-bond acceptors (Lipinski definition) is 3. The van der Waals surface area contributed by atoms with Crippen LogP contribution in [0.5, 0.6) is 5.88 Å². The van der Waals surface area contributed by atoms with Crippen LogP contribution < -0.4 is 10.1 Å². The normalized spacial score (nSPS) is 15.4. The summed E-state index contributed by atoms with van der Waals surface area (Å²) in [6.07, 6.45) is 3.16. The summed E-state index contributed by atoms with van der Waals surface area (Å²) in [5.41, 5.74) is 1.53. The molecule has 0 saturated heterocycles. The summed E-state index contributed by atoms with van der Waals surface area (Å²) in [5, 5.41) is 3.12. The van der Waals surface area contributed by atoms with Crippen LogP contribution in [0.15, 0.2) is 18.3 Å². The van der Waals surface area contributed by atoms with Gasteiger partial charge in [-0.2, -0.15) is 0 Å². The van der Waals surface area contributed by atoms with E-state index in [0.717, 1.165) is 12.1 Å². The lowest BCUT2D eigenvalue weighted by molar-refractivity contribution is 0.395. The van der Waals surface area contributed by atoms with Crippen molar-refractivity contribution in [2.24, 2.45) is 0 Å². The molecule has 0 spiro atoms. The van der Waals surface area contributed by atoms with Gasteiger partial charge >= 0.3 is 0 Å². The molecule has 0 atom stereocenters. The number of methoxy groups -OCH3 is 1. The minimum Gasteiger partial charge on any atom is -0.481 e. The van der Waals surface area contributed by atoms with Crippen LogP contribution in [0.25, 0.3) is 5.57 Å². The number of nitrogens with zero attached hydrogens (tertiary/aromatic N) is 1. The number of pyridine rings is 1. The van der Waals surface area contributed by atoms with Crippen molar-refractivity contribution in [3.05, 3.63) is 29.7 Å². The van der Waals surface area contributed by atoms with E-state index in [0.29, 0.717) is 18.0 Å². The summed E-state index contributed by atoms with van der Waals surface area (Å²) >= 11 is 0. The van der Waals surface area contributed by atoms with Crippen molar-refractivity contribution in [3.63, 3.8) is 0 Å². The predicted octanol–water partition coefficient (Wildman–Crippen LogP) is 1.22. The number of nitrogens with one attached hydrogen (secondary N) is 1. The standard InChI is InChI=1S/C10H11FN2O/c1-14-10-4-8(9(11)6-13-10)7-2-3-12-5-7/h2,4,6,12H,3,5H2,1H3. The van der Waals surface area contributed by atoms with Gasteiger partial charge < -0.3 is 10.1 Å². The Balaban J connectivity index is 2.40. The Morgan fingerprint density at radius 3 is 3.07 bits per heavy atom. The van der Waals surface area contributed by atoms with Gasteiger partial charge in [0.15, 0.2) is 0 Å². The Hall–Kier alpha value is -1.42. The van der Waals surface area contributed by atoms with Crippen molar-refractivity contribution in [1.82, 2.24) is 10.3 Å². The number of rotatable bonds is 2. The van der Waals surface area contributed by atoms with Crippen LogP contribution >= 0.6 is 0 Å². The second-order valence-electron chi connectivity index (χ2n) is 3.07. The summed E-state index contributed by atoms with van der Waals surface area (Å²) < 4.78 is 18.3. The molecule has 3 nitrogen and oxygen atoms in total. The number of hydrogen-bond donors (Lipinski definition) is 1. The van der Waals surface area contributed by atoms with Gasteiger partial charge in [0.25, 0.3) is 0 Å². The molecule has 2 rings (SSSR count). The third kappa shape index (κ3) is 1.61. The fourth-order valence-corrected chi connectivity index (χ4v) is 1.46. The van der Waals surface area contributed by atoms with Crippen LogP contribution in [-0.4, -0.2) is 25.2 Å². The molecule has 0 bridgehead atoms. The second-order valence-corrected chi connectivity index (χ2v) is 3.07. The maximum atomic E-state index is 13.4. The monoisotopic (exact) mass is 194 g/mol. The van der Waals surface area contributed by atoms with E-state index in [-0.39, 0.29) is 5.82 Å². The molecule has 1 aliphatic rings. The maximum absolute atomic E-state index is 13.4. The average molecular weight is 194 g/mol. The molecule has 0 radical (unpaired) electrons. The molecule has 2 heterocycles. The minimum atomic E-state index is -0.305. The third-order valence-electron chi connectivity index (χ3n) is 2.19. The highest BCUT2D eigenvalue weighted by Crippen LogP contribution is 2.22. The van der Waals surface area contributed by atoms with Gasteiger partial charge in [-0.1, -0.05) is 6.08 Å². The van der Waals surface area contributed by atoms with Crippen molar-refractivity contribution >= 4 is 5.57 Å². The van der Waals surface area contributed by atoms with Crippen LogP contribution in [-0.2, 0) is 0 Å². The Bertz CT molecular complexity index is 376. The van der Waals surface area contributed by atoms with Gasteiger partial charge in [-0.05, 0) is 5.57 Å². The largest absolute Gasteiger partial charge is 0.481 e. The van der Waals surface area contributed by atoms with Crippen LogP contribution in [0.3, 0.4) is 0 Å². The van der Waals surface area contributed by atoms with Gasteiger partial charge in [-0.15, -0.1) is 0 Å². The predicted molar refractivity (Wildman–Crippen MR) is 51.6 cm³/mol. The van der Waals surface area contributed by atoms with Crippen molar-refractivity contribution in [1.29, 1.82) is 0 Å². The Labute approximate surface area is 81.6 Å². The van der Waals surface area contributed by atoms with Crippen LogP contribution in [0, 0.1) is 5.82 Å². The van der Waals surface area contributed by atoms with Gasteiger partial charge in [-0.25, -0.2) is 9.37 Å². The lowest BCUT2D eigenvalue weighted by atomic mass is 10.1. The van der Waals surface area contributed by atoms with E-state index in [1.807, 2.05) is 6.08 Å². The summed E-state index contributed by atoms with van der Waals surface area (Å²) in [7, 11) is 1.52. The zero-order valence-corrected chi connectivity index (χ0v) is 7.88. The third-order valence-corrected chi connectivity index (χ3v) is 2.19. The molecule has 74 valence electrons. The van der Waals surface area contributed by atoms with E-state index in [1.165, 1.54) is 13.3 Å². The summed E-state index contributed by atoms with van der Waals surface area (Å²) in [6.45, 7) is 1.49. The Morgan fingerprint density at radius 2 is 2.43 bits per heavy atom. The van der Waals surface area contributed by atoms with Gasteiger partial charge in [0, 0.05) is 24.7 Å². The van der Waals surface area contributed by atoms with Crippen molar-refractivity contribution in [2.45, 2.75) is 0 Å². The van der Waals surface area contributed by atoms with Gasteiger partial charge in [0.1, 0.15) is 5.82 Å². The van der Waals surface area contributed by atoms with Gasteiger partial charge in [0.2, 0.25) is 5.88 Å². The zero-order chi connectivity index (χ0) is 9.97. The molecule has 14 heavy (non-hydrogen) atoms. The molecule has 0 amide bonds. The highest BCUT2D eigenvalue weighted by molar-refractivity contribution is 5.69. The maximum Gasteiger partial charge on any atom is 0.213 e. The van der Waals surface area contributed by atoms with Crippen molar-refractivity contribution < 1.29 is 9.13 Å². The first-order valence-electron chi connectivity index (χ1n) is 4.41. The molecule has 0 saturated carbocycles. The van der Waals surface area contributed by atoms with Crippen LogP contribution in [0.1, 0.15) is 5.56 Å². The molecule has 4 heteroatoms. The molecule has 0 fully saturated rings. The molecule has 1 aromatic rings. The molecule has 0 unspecified atom stereocenters. The average Bonchev–Trinajstić information content (AvgIpc) is 2.71.